The van der Waals surface area contributed by atoms with Crippen molar-refractivity contribution in [2.45, 2.75) is 25.3 Å². The Morgan fingerprint density at radius 3 is 2.69 bits per heavy atom. The summed E-state index contributed by atoms with van der Waals surface area (Å²) in [7, 11) is 0. The van der Waals surface area contributed by atoms with E-state index in [1.807, 2.05) is 64.2 Å². The Labute approximate surface area is 158 Å². The highest BCUT2D eigenvalue weighted by molar-refractivity contribution is 6.31. The van der Waals surface area contributed by atoms with Gasteiger partial charge in [-0.25, -0.2) is 4.98 Å². The normalized spacial score (nSPS) is 16.8. The van der Waals surface area contributed by atoms with Crippen LogP contribution in [0.4, 0.5) is 0 Å². The summed E-state index contributed by atoms with van der Waals surface area (Å²) in [5.41, 5.74) is 2.82. The first kappa shape index (κ1) is 16.9. The third-order valence-electron chi connectivity index (χ3n) is 4.97. The average Bonchev–Trinajstić information content (AvgIpc) is 3.35. The van der Waals surface area contributed by atoms with Gasteiger partial charge in [-0.1, -0.05) is 29.8 Å². The van der Waals surface area contributed by atoms with Gasteiger partial charge in [-0.15, -0.1) is 0 Å². The summed E-state index contributed by atoms with van der Waals surface area (Å²) >= 11 is 6.30. The molecular weight excluding hydrogens is 346 g/mol. The number of hydrogen-bond acceptors (Lipinski definition) is 2. The van der Waals surface area contributed by atoms with E-state index in [1.165, 1.54) is 0 Å². The van der Waals surface area contributed by atoms with Crippen molar-refractivity contribution in [1.82, 2.24) is 14.5 Å². The Bertz CT molecular complexity index is 890. The van der Waals surface area contributed by atoms with Gasteiger partial charge in [-0.3, -0.25) is 4.79 Å². The molecule has 1 aromatic heterocycles. The molecule has 4 nitrogen and oxygen atoms in total. The third kappa shape index (κ3) is 3.37. The molecule has 3 aromatic rings. The standard InChI is InChI=1S/C21H20ClN3O/c22-20-6-2-1-4-17(20)14-19-5-3-12-25(19)21(26)16-7-9-18(10-8-16)24-13-11-23-15-24/h1-2,4,6-11,13,15,19H,3,5,12,14H2. The molecule has 0 N–H and O–H groups in total. The summed E-state index contributed by atoms with van der Waals surface area (Å²) in [5.74, 6) is 0.0942. The molecule has 4 rings (SSSR count). The summed E-state index contributed by atoms with van der Waals surface area (Å²) in [4.78, 5) is 19.1. The molecule has 26 heavy (non-hydrogen) atoms. The van der Waals surface area contributed by atoms with E-state index in [9.17, 15) is 4.79 Å². The van der Waals surface area contributed by atoms with E-state index in [-0.39, 0.29) is 11.9 Å². The third-order valence-corrected chi connectivity index (χ3v) is 5.34. The van der Waals surface area contributed by atoms with Crippen molar-refractivity contribution in [3.63, 3.8) is 0 Å². The number of benzene rings is 2. The maximum absolute atomic E-state index is 13.0. The Morgan fingerprint density at radius 1 is 1.15 bits per heavy atom. The van der Waals surface area contributed by atoms with E-state index in [1.54, 1.807) is 12.5 Å². The molecule has 1 unspecified atom stereocenters. The number of halogens is 1. The van der Waals surface area contributed by atoms with Crippen molar-refractivity contribution < 1.29 is 4.79 Å². The first-order chi connectivity index (χ1) is 12.7. The quantitative estimate of drug-likeness (QED) is 0.688. The van der Waals surface area contributed by atoms with E-state index < -0.39 is 0 Å². The zero-order valence-electron chi connectivity index (χ0n) is 14.4. The van der Waals surface area contributed by atoms with Gasteiger partial charge in [0.1, 0.15) is 0 Å². The molecule has 5 heteroatoms. The molecule has 1 aliphatic rings. The molecule has 1 aliphatic heterocycles. The van der Waals surface area contributed by atoms with E-state index in [0.717, 1.165) is 47.6 Å². The summed E-state index contributed by atoms with van der Waals surface area (Å²) < 4.78 is 1.92. The zero-order valence-corrected chi connectivity index (χ0v) is 15.1. The Hall–Kier alpha value is -2.59. The second-order valence-electron chi connectivity index (χ2n) is 6.61. The van der Waals surface area contributed by atoms with Crippen molar-refractivity contribution in [1.29, 1.82) is 0 Å². The van der Waals surface area contributed by atoms with Gasteiger partial charge in [0.2, 0.25) is 0 Å². The van der Waals surface area contributed by atoms with E-state index in [2.05, 4.69) is 4.98 Å². The van der Waals surface area contributed by atoms with Gasteiger partial charge in [0.25, 0.3) is 5.91 Å². The molecule has 1 amide bonds. The number of aromatic nitrogens is 2. The Balaban J connectivity index is 1.50. The van der Waals surface area contributed by atoms with Gasteiger partial charge in [-0.2, -0.15) is 0 Å². The second-order valence-corrected chi connectivity index (χ2v) is 7.01. The smallest absolute Gasteiger partial charge is 0.254 e. The van der Waals surface area contributed by atoms with Gasteiger partial charge in [0.05, 0.1) is 6.33 Å². The van der Waals surface area contributed by atoms with Crippen LogP contribution in [0.25, 0.3) is 5.69 Å². The van der Waals surface area contributed by atoms with Crippen LogP contribution in [0.15, 0.2) is 67.3 Å². The number of carbonyl (C=O) groups excluding carboxylic acids is 1. The largest absolute Gasteiger partial charge is 0.335 e. The minimum atomic E-state index is 0.0942. The molecule has 1 saturated heterocycles. The summed E-state index contributed by atoms with van der Waals surface area (Å²) in [6.07, 6.45) is 8.23. The van der Waals surface area contributed by atoms with E-state index >= 15 is 0 Å². The fraction of sp³-hybridized carbons (Fsp3) is 0.238. The summed E-state index contributed by atoms with van der Waals surface area (Å²) in [6.45, 7) is 0.803. The number of nitrogens with zero attached hydrogens (tertiary/aromatic N) is 3. The first-order valence-corrected chi connectivity index (χ1v) is 9.23. The topological polar surface area (TPSA) is 38.1 Å². The van der Waals surface area contributed by atoms with Crippen LogP contribution >= 0.6 is 11.6 Å². The molecule has 0 spiro atoms. The maximum Gasteiger partial charge on any atom is 0.254 e. The van der Waals surface area contributed by atoms with Crippen LogP contribution < -0.4 is 0 Å². The molecule has 2 aromatic carbocycles. The van der Waals surface area contributed by atoms with Crippen LogP contribution in [0.1, 0.15) is 28.8 Å². The predicted octanol–water partition coefficient (Wildman–Crippen LogP) is 4.37. The minimum absolute atomic E-state index is 0.0942. The van der Waals surface area contributed by atoms with Crippen LogP contribution in [-0.2, 0) is 6.42 Å². The number of imidazole rings is 1. The average molecular weight is 366 g/mol. The summed E-state index contributed by atoms with van der Waals surface area (Å²) in [5, 5.41) is 0.775. The molecule has 0 bridgehead atoms. The number of amides is 1. The lowest BCUT2D eigenvalue weighted by Gasteiger charge is -2.25. The monoisotopic (exact) mass is 365 g/mol. The lowest BCUT2D eigenvalue weighted by molar-refractivity contribution is 0.0736. The highest BCUT2D eigenvalue weighted by Crippen LogP contribution is 2.26. The van der Waals surface area contributed by atoms with Gasteiger partial charge in [0.15, 0.2) is 0 Å². The van der Waals surface area contributed by atoms with Crippen LogP contribution in [0.3, 0.4) is 0 Å². The first-order valence-electron chi connectivity index (χ1n) is 8.85. The number of rotatable bonds is 4. The lowest BCUT2D eigenvalue weighted by atomic mass is 10.0. The second kappa shape index (κ2) is 7.34. The molecule has 0 radical (unpaired) electrons. The SMILES string of the molecule is O=C(c1ccc(-n2ccnc2)cc1)N1CCCC1Cc1ccccc1Cl. The van der Waals surface area contributed by atoms with Crippen LogP contribution in [0, 0.1) is 0 Å². The molecular formula is C21H20ClN3O. The van der Waals surface area contributed by atoms with Gasteiger partial charge in [-0.05, 0) is 55.2 Å². The lowest BCUT2D eigenvalue weighted by Crippen LogP contribution is -2.36. The molecule has 0 aliphatic carbocycles. The highest BCUT2D eigenvalue weighted by Gasteiger charge is 2.29. The van der Waals surface area contributed by atoms with Crippen molar-refractivity contribution >= 4 is 17.5 Å². The van der Waals surface area contributed by atoms with Crippen LogP contribution in [0.5, 0.6) is 0 Å². The van der Waals surface area contributed by atoms with E-state index in [4.69, 9.17) is 11.6 Å². The maximum atomic E-state index is 13.0. The molecule has 1 atom stereocenters. The predicted molar refractivity (Wildman–Crippen MR) is 103 cm³/mol. The highest BCUT2D eigenvalue weighted by atomic mass is 35.5. The minimum Gasteiger partial charge on any atom is -0.335 e. The van der Waals surface area contributed by atoms with E-state index in [0.29, 0.717) is 0 Å². The van der Waals surface area contributed by atoms with Gasteiger partial charge < -0.3 is 9.47 Å². The number of hydrogen-bond donors (Lipinski definition) is 0. The van der Waals surface area contributed by atoms with Gasteiger partial charge >= 0.3 is 0 Å². The fourth-order valence-electron chi connectivity index (χ4n) is 3.59. The summed E-state index contributed by atoms with van der Waals surface area (Å²) in [6, 6.07) is 15.8. The zero-order chi connectivity index (χ0) is 17.9. The van der Waals surface area contributed by atoms with Crippen LogP contribution in [0.2, 0.25) is 5.02 Å². The van der Waals surface area contributed by atoms with Crippen molar-refractivity contribution in [2.24, 2.45) is 0 Å². The fourth-order valence-corrected chi connectivity index (χ4v) is 3.80. The molecule has 1 fully saturated rings. The van der Waals surface area contributed by atoms with Crippen molar-refractivity contribution in [2.75, 3.05) is 6.54 Å². The molecule has 2 heterocycles. The Kier molecular flexibility index (Phi) is 4.76. The van der Waals surface area contributed by atoms with Crippen molar-refractivity contribution in [3.05, 3.63) is 83.4 Å². The van der Waals surface area contributed by atoms with Crippen LogP contribution in [-0.4, -0.2) is 32.9 Å². The number of likely N-dealkylation sites (tertiary alicyclic amines) is 1. The molecule has 0 saturated carbocycles. The van der Waals surface area contributed by atoms with Gasteiger partial charge in [0, 0.05) is 41.3 Å². The molecule has 132 valence electrons. The van der Waals surface area contributed by atoms with Crippen molar-refractivity contribution in [3.8, 4) is 5.69 Å². The number of carbonyl (C=O) groups is 1. The Morgan fingerprint density at radius 2 is 1.96 bits per heavy atom.